The molecule has 0 spiro atoms. The van der Waals surface area contributed by atoms with Crippen LogP contribution in [0, 0.1) is 0 Å². The molecule has 16 heteroatoms. The minimum atomic E-state index is -3.47. The summed E-state index contributed by atoms with van der Waals surface area (Å²) in [5.74, 6) is 0. The average molecular weight is 535 g/mol. The maximum absolute atomic E-state index is 10.7. The van der Waals surface area contributed by atoms with Gasteiger partial charge < -0.3 is 19.7 Å². The van der Waals surface area contributed by atoms with Crippen molar-refractivity contribution in [1.29, 1.82) is 0 Å². The van der Waals surface area contributed by atoms with Gasteiger partial charge in [0, 0.05) is 10.7 Å². The second-order valence-corrected chi connectivity index (χ2v) is 13.3. The van der Waals surface area contributed by atoms with Crippen LogP contribution in [-0.2, 0) is 47.1 Å². The van der Waals surface area contributed by atoms with Gasteiger partial charge in [0.05, 0.1) is 69.6 Å². The van der Waals surface area contributed by atoms with Crippen LogP contribution in [0.15, 0.2) is 0 Å². The first kappa shape index (κ1) is 30.9. The molecule has 2 rings (SSSR count). The number of rotatable bonds is 8. The van der Waals surface area contributed by atoms with E-state index in [2.05, 4.69) is 19.0 Å². The Hall–Kier alpha value is -0.100. The van der Waals surface area contributed by atoms with Crippen molar-refractivity contribution in [1.82, 2.24) is 0 Å². The van der Waals surface area contributed by atoms with Gasteiger partial charge in [-0.25, -0.2) is 8.42 Å². The van der Waals surface area contributed by atoms with Crippen LogP contribution in [0.2, 0.25) is 0 Å². The number of halogens is 1. The zero-order valence-corrected chi connectivity index (χ0v) is 20.8. The topological polar surface area (TPSA) is 180 Å². The number of aliphatic hydroxyl groups is 2. The van der Waals surface area contributed by atoms with E-state index < -0.39 is 29.3 Å². The maximum Gasteiger partial charge on any atom is 0.264 e. The summed E-state index contributed by atoms with van der Waals surface area (Å²) in [6.45, 7) is 0.0649. The Bertz CT molecular complexity index is 752. The molecular weight excluding hydrogens is 504 g/mol. The molecule has 0 aromatic rings. The molecule has 12 nitrogen and oxygen atoms in total. The van der Waals surface area contributed by atoms with E-state index in [-0.39, 0.29) is 50.8 Å². The number of ether oxygens (including phenoxy) is 2. The molecule has 4 atom stereocenters. The summed E-state index contributed by atoms with van der Waals surface area (Å²) in [5.41, 5.74) is 0. The van der Waals surface area contributed by atoms with Crippen LogP contribution in [0.4, 0.5) is 0 Å². The summed E-state index contributed by atoms with van der Waals surface area (Å²) in [6, 6.07) is 0. The van der Waals surface area contributed by atoms with Crippen molar-refractivity contribution < 1.29 is 53.3 Å². The normalized spacial score (nSPS) is 26.5. The van der Waals surface area contributed by atoms with E-state index in [4.69, 9.17) is 19.7 Å². The standard InChI is InChI=1S/C8H16O7S2.C6H12O3.CH3ClO2S/c1-16(9,10)13-5-7-3-4-8(15-7)6-14-17(2,11)12;7-3-5-1-2-6(4-8)9-5;1-5(2,3)4/h7-8H,3-6H2,1-2H3;5-8H,1-4H2;1H3. The predicted octanol–water partition coefficient (Wildman–Crippen LogP) is -0.810. The fourth-order valence-corrected chi connectivity index (χ4v) is 3.27. The first-order valence-electron chi connectivity index (χ1n) is 9.13. The average Bonchev–Trinajstić information content (AvgIpc) is 3.25. The number of hydrogen-bond donors (Lipinski definition) is 2. The van der Waals surface area contributed by atoms with Gasteiger partial charge in [0.15, 0.2) is 0 Å². The first-order chi connectivity index (χ1) is 14.0. The number of aliphatic hydroxyl groups excluding tert-OH is 2. The van der Waals surface area contributed by atoms with E-state index >= 15 is 0 Å². The lowest BCUT2D eigenvalue weighted by atomic mass is 10.2. The molecule has 2 heterocycles. The molecule has 0 aliphatic carbocycles. The second kappa shape index (κ2) is 14.2. The molecule has 2 saturated heterocycles. The lowest BCUT2D eigenvalue weighted by Gasteiger charge is -2.12. The van der Waals surface area contributed by atoms with E-state index in [0.29, 0.717) is 12.8 Å². The Labute approximate surface area is 188 Å². The summed E-state index contributed by atoms with van der Waals surface area (Å²) in [4.78, 5) is 0. The van der Waals surface area contributed by atoms with Gasteiger partial charge in [0.2, 0.25) is 9.05 Å². The van der Waals surface area contributed by atoms with Gasteiger partial charge in [0.1, 0.15) is 0 Å². The fraction of sp³-hybridized carbons (Fsp3) is 1.00. The molecule has 31 heavy (non-hydrogen) atoms. The van der Waals surface area contributed by atoms with Gasteiger partial charge in [-0.2, -0.15) is 16.8 Å². The van der Waals surface area contributed by atoms with Gasteiger partial charge in [-0.05, 0) is 25.7 Å². The Morgan fingerprint density at radius 3 is 1.19 bits per heavy atom. The van der Waals surface area contributed by atoms with Crippen LogP contribution < -0.4 is 0 Å². The van der Waals surface area contributed by atoms with Crippen LogP contribution in [0.5, 0.6) is 0 Å². The lowest BCUT2D eigenvalue weighted by Crippen LogP contribution is -2.22. The monoisotopic (exact) mass is 534 g/mol. The summed E-state index contributed by atoms with van der Waals surface area (Å²) in [7, 11) is -5.64. The van der Waals surface area contributed by atoms with Crippen LogP contribution in [-0.4, -0.2) is 105 Å². The van der Waals surface area contributed by atoms with Gasteiger partial charge in [-0.15, -0.1) is 0 Å². The smallest absolute Gasteiger partial charge is 0.264 e. The van der Waals surface area contributed by atoms with Crippen molar-refractivity contribution in [3.63, 3.8) is 0 Å². The molecule has 188 valence electrons. The van der Waals surface area contributed by atoms with E-state index in [1.165, 1.54) is 0 Å². The molecule has 0 amide bonds. The minimum Gasteiger partial charge on any atom is -0.394 e. The fourth-order valence-electron chi connectivity index (χ4n) is 2.47. The second-order valence-electron chi connectivity index (χ2n) is 6.94. The van der Waals surface area contributed by atoms with Gasteiger partial charge in [0.25, 0.3) is 20.2 Å². The van der Waals surface area contributed by atoms with Crippen molar-refractivity contribution in [2.24, 2.45) is 0 Å². The summed E-state index contributed by atoms with van der Waals surface area (Å²) >= 11 is 0. The van der Waals surface area contributed by atoms with E-state index in [0.717, 1.165) is 31.6 Å². The SMILES string of the molecule is CS(=O)(=O)Cl.CS(=O)(=O)OCC1CCC(COS(C)(=O)=O)O1.OCC1CCC(CO)O1. The highest BCUT2D eigenvalue weighted by molar-refractivity contribution is 8.13. The van der Waals surface area contributed by atoms with Gasteiger partial charge in [-0.3, -0.25) is 8.37 Å². The Kier molecular flexibility index (Phi) is 14.2. The summed E-state index contributed by atoms with van der Waals surface area (Å²) < 4.78 is 81.5. The van der Waals surface area contributed by atoms with Crippen molar-refractivity contribution in [2.45, 2.75) is 50.1 Å². The quantitative estimate of drug-likeness (QED) is 0.292. The molecule has 0 aromatic carbocycles. The third-order valence-corrected chi connectivity index (χ3v) is 4.86. The third-order valence-electron chi connectivity index (χ3n) is 3.73. The molecule has 2 aliphatic heterocycles. The molecule has 4 unspecified atom stereocenters. The highest BCUT2D eigenvalue weighted by Gasteiger charge is 2.27. The summed E-state index contributed by atoms with van der Waals surface area (Å²) in [6.07, 6.45) is 5.12. The Morgan fingerprint density at radius 1 is 0.710 bits per heavy atom. The molecular formula is C15H31ClO12S3. The Balaban J connectivity index is 0.000000533. The van der Waals surface area contributed by atoms with Crippen LogP contribution in [0.25, 0.3) is 0 Å². The number of hydrogen-bond acceptors (Lipinski definition) is 12. The van der Waals surface area contributed by atoms with Crippen LogP contribution in [0.1, 0.15) is 25.7 Å². The zero-order chi connectivity index (χ0) is 24.3. The lowest BCUT2D eigenvalue weighted by molar-refractivity contribution is -0.0119. The van der Waals surface area contributed by atoms with E-state index in [1.807, 2.05) is 0 Å². The largest absolute Gasteiger partial charge is 0.394 e. The van der Waals surface area contributed by atoms with Crippen molar-refractivity contribution in [3.8, 4) is 0 Å². The molecule has 0 bridgehead atoms. The Morgan fingerprint density at radius 2 is 0.968 bits per heavy atom. The summed E-state index contributed by atoms with van der Waals surface area (Å²) in [5, 5.41) is 17.1. The van der Waals surface area contributed by atoms with Crippen molar-refractivity contribution in [3.05, 3.63) is 0 Å². The molecule has 2 N–H and O–H groups in total. The predicted molar refractivity (Wildman–Crippen MR) is 112 cm³/mol. The molecule has 2 fully saturated rings. The molecule has 0 saturated carbocycles. The first-order valence-corrected chi connectivity index (χ1v) is 15.5. The van der Waals surface area contributed by atoms with Gasteiger partial charge in [-0.1, -0.05) is 0 Å². The maximum atomic E-state index is 10.7. The highest BCUT2D eigenvalue weighted by Crippen LogP contribution is 2.21. The van der Waals surface area contributed by atoms with Crippen LogP contribution in [0.3, 0.4) is 0 Å². The van der Waals surface area contributed by atoms with Crippen LogP contribution >= 0.6 is 10.7 Å². The molecule has 0 aromatic heterocycles. The van der Waals surface area contributed by atoms with Gasteiger partial charge >= 0.3 is 0 Å². The van der Waals surface area contributed by atoms with E-state index in [1.54, 1.807) is 0 Å². The molecule has 0 radical (unpaired) electrons. The highest BCUT2D eigenvalue weighted by atomic mass is 35.7. The zero-order valence-electron chi connectivity index (χ0n) is 17.5. The third kappa shape index (κ3) is 20.3. The van der Waals surface area contributed by atoms with Crippen molar-refractivity contribution in [2.75, 3.05) is 45.2 Å². The van der Waals surface area contributed by atoms with Crippen molar-refractivity contribution >= 4 is 40.0 Å². The minimum absolute atomic E-state index is 0.0258. The molecule has 2 aliphatic rings. The van der Waals surface area contributed by atoms with E-state index in [9.17, 15) is 25.3 Å².